The Kier molecular flexibility index (Phi) is 2.75. The molecule has 0 spiro atoms. The van der Waals surface area contributed by atoms with Gasteiger partial charge in [-0.25, -0.2) is 4.98 Å². The number of nitrogens with zero attached hydrogens (tertiary/aromatic N) is 1. The first-order valence-corrected chi connectivity index (χ1v) is 4.94. The summed E-state index contributed by atoms with van der Waals surface area (Å²) in [6.45, 7) is 0. The Morgan fingerprint density at radius 3 is 2.50 bits per heavy atom. The number of hydrogen-bond donors (Lipinski definition) is 1. The van der Waals surface area contributed by atoms with Crippen LogP contribution in [0.15, 0.2) is 18.3 Å². The van der Waals surface area contributed by atoms with E-state index in [9.17, 15) is 5.11 Å². The number of rotatable bonds is 2. The van der Waals surface area contributed by atoms with Crippen LogP contribution in [-0.4, -0.2) is 24.3 Å². The van der Waals surface area contributed by atoms with Crippen LogP contribution < -0.4 is 9.47 Å². The van der Waals surface area contributed by atoms with Crippen LogP contribution in [0.25, 0.3) is 10.9 Å². The average Bonchev–Trinajstić information content (AvgIpc) is 2.30. The minimum Gasteiger partial charge on any atom is -0.506 e. The van der Waals surface area contributed by atoms with Gasteiger partial charge >= 0.3 is 0 Å². The Bertz CT molecular complexity index is 542. The molecule has 0 bridgehead atoms. The standard InChI is InChI=1S/C11H10ClNO3/c1-15-8-4-9(16-2)11-7(10(8)12)3-6(14)5-13-11/h3-5,14H,1-2H3. The number of pyridine rings is 1. The average molecular weight is 240 g/mol. The molecule has 0 fully saturated rings. The molecule has 5 heteroatoms. The van der Waals surface area contributed by atoms with Crippen molar-refractivity contribution >= 4 is 22.5 Å². The lowest BCUT2D eigenvalue weighted by Crippen LogP contribution is -1.92. The molecular formula is C11H10ClNO3. The van der Waals surface area contributed by atoms with Crippen molar-refractivity contribution in [3.63, 3.8) is 0 Å². The molecule has 1 N–H and O–H groups in total. The zero-order chi connectivity index (χ0) is 11.7. The van der Waals surface area contributed by atoms with Gasteiger partial charge in [0.1, 0.15) is 22.8 Å². The maximum absolute atomic E-state index is 9.38. The molecular weight excluding hydrogens is 230 g/mol. The molecule has 0 aliphatic heterocycles. The fourth-order valence-electron chi connectivity index (χ4n) is 1.51. The molecule has 2 rings (SSSR count). The van der Waals surface area contributed by atoms with E-state index in [0.29, 0.717) is 27.4 Å². The number of aromatic nitrogens is 1. The lowest BCUT2D eigenvalue weighted by molar-refractivity contribution is 0.397. The molecule has 0 aliphatic rings. The highest BCUT2D eigenvalue weighted by molar-refractivity contribution is 6.37. The van der Waals surface area contributed by atoms with E-state index in [1.165, 1.54) is 26.5 Å². The molecule has 1 heterocycles. The Balaban J connectivity index is 2.85. The van der Waals surface area contributed by atoms with Crippen molar-refractivity contribution in [3.05, 3.63) is 23.4 Å². The Labute approximate surface area is 97.4 Å². The predicted octanol–water partition coefficient (Wildman–Crippen LogP) is 2.61. The molecule has 84 valence electrons. The topological polar surface area (TPSA) is 51.6 Å². The number of fused-ring (bicyclic) bond motifs is 1. The molecule has 1 aromatic heterocycles. The van der Waals surface area contributed by atoms with Gasteiger partial charge in [-0.3, -0.25) is 0 Å². The molecule has 0 radical (unpaired) electrons. The smallest absolute Gasteiger partial charge is 0.148 e. The molecule has 4 nitrogen and oxygen atoms in total. The summed E-state index contributed by atoms with van der Waals surface area (Å²) in [7, 11) is 3.05. The van der Waals surface area contributed by atoms with Crippen molar-refractivity contribution in [3.8, 4) is 17.2 Å². The highest BCUT2D eigenvalue weighted by atomic mass is 35.5. The van der Waals surface area contributed by atoms with Crippen molar-refractivity contribution in [1.29, 1.82) is 0 Å². The lowest BCUT2D eigenvalue weighted by Gasteiger charge is -2.10. The van der Waals surface area contributed by atoms with Gasteiger partial charge in [-0.05, 0) is 6.07 Å². The number of aromatic hydroxyl groups is 1. The molecule has 2 aromatic rings. The van der Waals surface area contributed by atoms with Gasteiger partial charge in [0.15, 0.2) is 0 Å². The van der Waals surface area contributed by atoms with Gasteiger partial charge in [-0.2, -0.15) is 0 Å². The second-order valence-corrected chi connectivity index (χ2v) is 3.56. The van der Waals surface area contributed by atoms with Gasteiger partial charge in [0.05, 0.1) is 25.4 Å². The van der Waals surface area contributed by atoms with Gasteiger partial charge in [0.25, 0.3) is 0 Å². The van der Waals surface area contributed by atoms with E-state index in [1.807, 2.05) is 0 Å². The van der Waals surface area contributed by atoms with Crippen molar-refractivity contribution < 1.29 is 14.6 Å². The summed E-state index contributed by atoms with van der Waals surface area (Å²) >= 11 is 6.11. The van der Waals surface area contributed by atoms with Crippen molar-refractivity contribution in [2.75, 3.05) is 14.2 Å². The predicted molar refractivity (Wildman–Crippen MR) is 61.5 cm³/mol. The minimum atomic E-state index is 0.0460. The zero-order valence-electron chi connectivity index (χ0n) is 8.82. The van der Waals surface area contributed by atoms with E-state index in [-0.39, 0.29) is 5.75 Å². The summed E-state index contributed by atoms with van der Waals surface area (Å²) in [5.41, 5.74) is 0.589. The SMILES string of the molecule is COc1cc(OC)c2ncc(O)cc2c1Cl. The number of ether oxygens (including phenoxy) is 2. The van der Waals surface area contributed by atoms with Crippen LogP contribution in [0.5, 0.6) is 17.2 Å². The van der Waals surface area contributed by atoms with E-state index in [1.54, 1.807) is 6.07 Å². The summed E-state index contributed by atoms with van der Waals surface area (Å²) in [4.78, 5) is 4.07. The molecule has 1 aromatic carbocycles. The molecule has 0 saturated heterocycles. The van der Waals surface area contributed by atoms with Crippen LogP contribution in [0.3, 0.4) is 0 Å². The number of hydrogen-bond acceptors (Lipinski definition) is 4. The van der Waals surface area contributed by atoms with Crippen LogP contribution in [0.1, 0.15) is 0 Å². The first-order chi connectivity index (χ1) is 7.67. The van der Waals surface area contributed by atoms with Gasteiger partial charge < -0.3 is 14.6 Å². The molecule has 0 aliphatic carbocycles. The van der Waals surface area contributed by atoms with Crippen LogP contribution >= 0.6 is 11.6 Å². The number of methoxy groups -OCH3 is 2. The summed E-state index contributed by atoms with van der Waals surface area (Å²) in [6.07, 6.45) is 1.34. The maximum atomic E-state index is 9.38. The van der Waals surface area contributed by atoms with Crippen molar-refractivity contribution in [1.82, 2.24) is 4.98 Å². The maximum Gasteiger partial charge on any atom is 0.148 e. The lowest BCUT2D eigenvalue weighted by atomic mass is 10.2. The highest BCUT2D eigenvalue weighted by Gasteiger charge is 2.13. The Morgan fingerprint density at radius 2 is 1.88 bits per heavy atom. The second kappa shape index (κ2) is 4.06. The summed E-state index contributed by atoms with van der Waals surface area (Å²) in [5, 5.41) is 10.4. The quantitative estimate of drug-likeness (QED) is 0.875. The minimum absolute atomic E-state index is 0.0460. The van der Waals surface area contributed by atoms with Crippen molar-refractivity contribution in [2.24, 2.45) is 0 Å². The fraction of sp³-hybridized carbons (Fsp3) is 0.182. The van der Waals surface area contributed by atoms with E-state index in [0.717, 1.165) is 0 Å². The monoisotopic (exact) mass is 239 g/mol. The molecule has 0 saturated carbocycles. The van der Waals surface area contributed by atoms with E-state index < -0.39 is 0 Å². The largest absolute Gasteiger partial charge is 0.506 e. The van der Waals surface area contributed by atoms with Gasteiger partial charge in [-0.1, -0.05) is 11.6 Å². The van der Waals surface area contributed by atoms with Crippen LogP contribution in [0, 0.1) is 0 Å². The summed E-state index contributed by atoms with van der Waals surface area (Å²) in [6, 6.07) is 3.18. The molecule has 16 heavy (non-hydrogen) atoms. The third-order valence-electron chi connectivity index (χ3n) is 2.26. The molecule has 0 atom stereocenters. The van der Waals surface area contributed by atoms with Crippen LogP contribution in [0.2, 0.25) is 5.02 Å². The van der Waals surface area contributed by atoms with E-state index >= 15 is 0 Å². The number of benzene rings is 1. The van der Waals surface area contributed by atoms with Gasteiger partial charge in [0, 0.05) is 11.5 Å². The molecule has 0 amide bonds. The van der Waals surface area contributed by atoms with Gasteiger partial charge in [-0.15, -0.1) is 0 Å². The first kappa shape index (κ1) is 10.8. The van der Waals surface area contributed by atoms with Crippen LogP contribution in [-0.2, 0) is 0 Å². The van der Waals surface area contributed by atoms with Crippen molar-refractivity contribution in [2.45, 2.75) is 0 Å². The van der Waals surface area contributed by atoms with Gasteiger partial charge in [0.2, 0.25) is 0 Å². The van der Waals surface area contributed by atoms with E-state index in [2.05, 4.69) is 4.98 Å². The third kappa shape index (κ3) is 1.61. The van der Waals surface area contributed by atoms with E-state index in [4.69, 9.17) is 21.1 Å². The third-order valence-corrected chi connectivity index (χ3v) is 2.65. The number of halogens is 1. The zero-order valence-corrected chi connectivity index (χ0v) is 9.58. The first-order valence-electron chi connectivity index (χ1n) is 4.56. The fourth-order valence-corrected chi connectivity index (χ4v) is 1.78. The Hall–Kier alpha value is -1.68. The summed E-state index contributed by atoms with van der Waals surface area (Å²) < 4.78 is 10.3. The highest BCUT2D eigenvalue weighted by Crippen LogP contribution is 2.38. The Morgan fingerprint density at radius 1 is 1.19 bits per heavy atom. The summed E-state index contributed by atoms with van der Waals surface area (Å²) in [5.74, 6) is 1.08. The molecule has 0 unspecified atom stereocenters. The normalized spacial score (nSPS) is 10.4. The van der Waals surface area contributed by atoms with Crippen LogP contribution in [0.4, 0.5) is 0 Å². The second-order valence-electron chi connectivity index (χ2n) is 3.18.